The summed E-state index contributed by atoms with van der Waals surface area (Å²) in [5.74, 6) is -0.0495. The van der Waals surface area contributed by atoms with E-state index >= 15 is 0 Å². The minimum absolute atomic E-state index is 0.0495. The molecule has 1 aliphatic rings. The highest BCUT2D eigenvalue weighted by Crippen LogP contribution is 2.16. The molecule has 0 saturated carbocycles. The Labute approximate surface area is 164 Å². The predicted octanol–water partition coefficient (Wildman–Crippen LogP) is 2.39. The van der Waals surface area contributed by atoms with Gasteiger partial charge in [-0.25, -0.2) is 13.1 Å². The molecule has 2 aromatic rings. The highest BCUT2D eigenvalue weighted by molar-refractivity contribution is 7.89. The molecule has 0 bridgehead atoms. The Kier molecular flexibility index (Phi) is 6.31. The first-order chi connectivity index (χ1) is 12.8. The Bertz CT molecular complexity index is 854. The largest absolute Gasteiger partial charge is 0.336 e. The molecule has 27 heavy (non-hydrogen) atoms. The zero-order valence-electron chi connectivity index (χ0n) is 15.6. The average Bonchev–Trinajstić information content (AvgIpc) is 3.14. The quantitative estimate of drug-likeness (QED) is 0.798. The van der Waals surface area contributed by atoms with Crippen LogP contribution in [0, 0.1) is 0 Å². The topological polar surface area (TPSA) is 69.7 Å². The van der Waals surface area contributed by atoms with Crippen LogP contribution in [0.3, 0.4) is 0 Å². The number of carbonyl (C=O) groups is 1. The van der Waals surface area contributed by atoms with Crippen LogP contribution in [0.4, 0.5) is 0 Å². The van der Waals surface area contributed by atoms with E-state index < -0.39 is 10.0 Å². The van der Waals surface area contributed by atoms with Crippen molar-refractivity contribution in [1.29, 1.82) is 0 Å². The minimum atomic E-state index is -3.54. The van der Waals surface area contributed by atoms with Gasteiger partial charge in [0.2, 0.25) is 10.0 Å². The summed E-state index contributed by atoms with van der Waals surface area (Å²) in [7, 11) is -3.54. The van der Waals surface area contributed by atoms with Crippen molar-refractivity contribution in [2.45, 2.75) is 31.3 Å². The number of amides is 1. The van der Waals surface area contributed by atoms with E-state index in [0.717, 1.165) is 19.6 Å². The number of rotatable bonds is 6. The van der Waals surface area contributed by atoms with Crippen molar-refractivity contribution in [3.05, 3.63) is 52.2 Å². The molecule has 0 radical (unpaired) electrons. The maximum atomic E-state index is 12.7. The number of nitrogens with one attached hydrogen (secondary N) is 1. The van der Waals surface area contributed by atoms with Gasteiger partial charge in [-0.3, -0.25) is 9.69 Å². The molecule has 1 amide bonds. The zero-order chi connectivity index (χ0) is 19.4. The van der Waals surface area contributed by atoms with Crippen molar-refractivity contribution in [3.8, 4) is 0 Å². The van der Waals surface area contributed by atoms with Crippen LogP contribution < -0.4 is 4.72 Å². The van der Waals surface area contributed by atoms with Gasteiger partial charge in [-0.1, -0.05) is 6.07 Å². The van der Waals surface area contributed by atoms with Gasteiger partial charge >= 0.3 is 0 Å². The summed E-state index contributed by atoms with van der Waals surface area (Å²) in [6.45, 7) is 7.51. The third kappa shape index (κ3) is 5.16. The number of hydrogen-bond acceptors (Lipinski definition) is 5. The number of nitrogens with zero attached hydrogens (tertiary/aromatic N) is 2. The molecule has 0 spiro atoms. The van der Waals surface area contributed by atoms with Crippen molar-refractivity contribution in [2.24, 2.45) is 0 Å². The molecule has 0 atom stereocenters. The molecule has 3 rings (SSSR count). The molecular weight excluding hydrogens is 382 g/mol. The van der Waals surface area contributed by atoms with E-state index in [1.165, 1.54) is 17.0 Å². The standard InChI is InChI=1S/C19H25N3O3S2/c1-15(2)20-27(24,25)18-7-5-16(6-8-18)19(23)22-11-9-21(10-12-22)14-17-4-3-13-26-17/h3-8,13,15,20H,9-12,14H2,1-2H3. The van der Waals surface area contributed by atoms with E-state index in [9.17, 15) is 13.2 Å². The first-order valence-electron chi connectivity index (χ1n) is 9.01. The van der Waals surface area contributed by atoms with Crippen molar-refractivity contribution in [3.63, 3.8) is 0 Å². The second-order valence-electron chi connectivity index (χ2n) is 6.95. The SMILES string of the molecule is CC(C)NS(=O)(=O)c1ccc(C(=O)N2CCN(Cc3cccs3)CC2)cc1. The van der Waals surface area contributed by atoms with Gasteiger partial charge in [0.1, 0.15) is 0 Å². The smallest absolute Gasteiger partial charge is 0.253 e. The lowest BCUT2D eigenvalue weighted by molar-refractivity contribution is 0.0629. The van der Waals surface area contributed by atoms with Crippen LogP contribution in [-0.2, 0) is 16.6 Å². The van der Waals surface area contributed by atoms with Crippen LogP contribution in [0.15, 0.2) is 46.7 Å². The Morgan fingerprint density at radius 1 is 1.11 bits per heavy atom. The fraction of sp³-hybridized carbons (Fsp3) is 0.421. The van der Waals surface area contributed by atoms with E-state index in [2.05, 4.69) is 27.1 Å². The van der Waals surface area contributed by atoms with Gasteiger partial charge in [0.25, 0.3) is 5.91 Å². The Hall–Kier alpha value is -1.74. The van der Waals surface area contributed by atoms with Crippen LogP contribution in [0.25, 0.3) is 0 Å². The predicted molar refractivity (Wildman–Crippen MR) is 107 cm³/mol. The fourth-order valence-electron chi connectivity index (χ4n) is 3.07. The number of carbonyl (C=O) groups excluding carboxylic acids is 1. The van der Waals surface area contributed by atoms with Crippen LogP contribution in [-0.4, -0.2) is 56.3 Å². The number of sulfonamides is 1. The highest BCUT2D eigenvalue weighted by atomic mass is 32.2. The van der Waals surface area contributed by atoms with Gasteiger partial charge in [-0.2, -0.15) is 0 Å². The summed E-state index contributed by atoms with van der Waals surface area (Å²) >= 11 is 1.75. The molecule has 2 heterocycles. The van der Waals surface area contributed by atoms with E-state index in [0.29, 0.717) is 18.7 Å². The van der Waals surface area contributed by atoms with Crippen LogP contribution in [0.2, 0.25) is 0 Å². The van der Waals surface area contributed by atoms with Crippen LogP contribution in [0.5, 0.6) is 0 Å². The second-order valence-corrected chi connectivity index (χ2v) is 9.69. The maximum absolute atomic E-state index is 12.7. The van der Waals surface area contributed by atoms with Gasteiger partial charge in [0.05, 0.1) is 4.90 Å². The number of piperazine rings is 1. The summed E-state index contributed by atoms with van der Waals surface area (Å²) in [4.78, 5) is 18.4. The van der Waals surface area contributed by atoms with Crippen molar-refractivity contribution in [2.75, 3.05) is 26.2 Å². The minimum Gasteiger partial charge on any atom is -0.336 e. The lowest BCUT2D eigenvalue weighted by atomic mass is 10.2. The van der Waals surface area contributed by atoms with Crippen LogP contribution >= 0.6 is 11.3 Å². The monoisotopic (exact) mass is 407 g/mol. The lowest BCUT2D eigenvalue weighted by Crippen LogP contribution is -2.48. The number of hydrogen-bond donors (Lipinski definition) is 1. The van der Waals surface area contributed by atoms with E-state index in [-0.39, 0.29) is 16.8 Å². The molecule has 1 N–H and O–H groups in total. The van der Waals surface area contributed by atoms with E-state index in [1.54, 1.807) is 37.3 Å². The molecule has 0 aliphatic carbocycles. The van der Waals surface area contributed by atoms with Gasteiger partial charge in [0.15, 0.2) is 0 Å². The average molecular weight is 408 g/mol. The summed E-state index contributed by atoms with van der Waals surface area (Å²) in [6, 6.07) is 10.2. The molecule has 0 unspecified atom stereocenters. The first-order valence-corrected chi connectivity index (χ1v) is 11.4. The normalized spacial score (nSPS) is 16.0. The highest BCUT2D eigenvalue weighted by Gasteiger charge is 2.23. The van der Waals surface area contributed by atoms with Crippen molar-refractivity contribution >= 4 is 27.3 Å². The van der Waals surface area contributed by atoms with Gasteiger partial charge in [-0.15, -0.1) is 11.3 Å². The van der Waals surface area contributed by atoms with E-state index in [1.807, 2.05) is 4.90 Å². The Morgan fingerprint density at radius 3 is 2.33 bits per heavy atom. The molecule has 1 aromatic carbocycles. The summed E-state index contributed by atoms with van der Waals surface area (Å²) in [5, 5.41) is 2.08. The zero-order valence-corrected chi connectivity index (χ0v) is 17.2. The van der Waals surface area contributed by atoms with Gasteiger partial charge in [-0.05, 0) is 49.6 Å². The van der Waals surface area contributed by atoms with E-state index in [4.69, 9.17) is 0 Å². The maximum Gasteiger partial charge on any atom is 0.253 e. The first kappa shape index (κ1) is 20.0. The molecule has 8 heteroatoms. The molecule has 146 valence electrons. The summed E-state index contributed by atoms with van der Waals surface area (Å²) < 4.78 is 26.9. The molecule has 1 saturated heterocycles. The third-order valence-electron chi connectivity index (χ3n) is 4.42. The Balaban J connectivity index is 1.58. The molecular formula is C19H25N3O3S2. The second kappa shape index (κ2) is 8.52. The third-order valence-corrected chi connectivity index (χ3v) is 6.96. The number of thiophene rings is 1. The molecule has 1 aliphatic heterocycles. The number of benzene rings is 1. The van der Waals surface area contributed by atoms with Crippen molar-refractivity contribution in [1.82, 2.24) is 14.5 Å². The lowest BCUT2D eigenvalue weighted by Gasteiger charge is -2.34. The molecule has 1 aromatic heterocycles. The Morgan fingerprint density at radius 2 is 1.78 bits per heavy atom. The van der Waals surface area contributed by atoms with Gasteiger partial charge in [0, 0.05) is 49.2 Å². The molecule has 6 nitrogen and oxygen atoms in total. The van der Waals surface area contributed by atoms with Crippen LogP contribution in [0.1, 0.15) is 29.1 Å². The van der Waals surface area contributed by atoms with Gasteiger partial charge < -0.3 is 4.90 Å². The van der Waals surface area contributed by atoms with Crippen molar-refractivity contribution < 1.29 is 13.2 Å². The fourth-order valence-corrected chi connectivity index (χ4v) is 5.07. The summed E-state index contributed by atoms with van der Waals surface area (Å²) in [5.41, 5.74) is 0.519. The summed E-state index contributed by atoms with van der Waals surface area (Å²) in [6.07, 6.45) is 0. The molecule has 1 fully saturated rings.